The maximum Gasteiger partial charge on any atom is 0.490 e. The summed E-state index contributed by atoms with van der Waals surface area (Å²) < 4.78 is 45.1. The topological polar surface area (TPSA) is 90.0 Å². The first-order valence-electron chi connectivity index (χ1n) is 9.79. The molecule has 0 aromatic heterocycles. The first-order valence-corrected chi connectivity index (χ1v) is 9.79. The average Bonchev–Trinajstić information content (AvgIpc) is 3.09. The second-order valence-electron chi connectivity index (χ2n) is 7.53. The SMILES string of the molecule is CNC(=O)CN1CCCC12CCN(C(=O)c1cccc(F)c1)CC2.O=C(O)C(F)(F)F. The monoisotopic (exact) mass is 447 g/mol. The van der Waals surface area contributed by atoms with E-state index in [2.05, 4.69) is 10.2 Å². The van der Waals surface area contributed by atoms with Gasteiger partial charge < -0.3 is 15.3 Å². The molecule has 3 rings (SSSR count). The van der Waals surface area contributed by atoms with Crippen molar-refractivity contribution < 1.29 is 37.1 Å². The number of hydrogen-bond acceptors (Lipinski definition) is 4. The van der Waals surface area contributed by atoms with Gasteiger partial charge in [-0.2, -0.15) is 13.2 Å². The van der Waals surface area contributed by atoms with E-state index in [1.165, 1.54) is 12.1 Å². The second kappa shape index (κ2) is 10.1. The van der Waals surface area contributed by atoms with Crippen LogP contribution in [0.15, 0.2) is 24.3 Å². The van der Waals surface area contributed by atoms with E-state index in [1.807, 2.05) is 0 Å². The summed E-state index contributed by atoms with van der Waals surface area (Å²) in [4.78, 5) is 37.2. The summed E-state index contributed by atoms with van der Waals surface area (Å²) in [6, 6.07) is 5.86. The Labute approximate surface area is 177 Å². The number of carbonyl (C=O) groups excluding carboxylic acids is 2. The Morgan fingerprint density at radius 3 is 2.26 bits per heavy atom. The van der Waals surface area contributed by atoms with E-state index in [0.717, 1.165) is 32.2 Å². The number of nitrogens with zero attached hydrogens (tertiary/aromatic N) is 2. The Morgan fingerprint density at radius 1 is 1.13 bits per heavy atom. The number of likely N-dealkylation sites (tertiary alicyclic amines) is 2. The molecule has 0 unspecified atom stereocenters. The van der Waals surface area contributed by atoms with Gasteiger partial charge in [0, 0.05) is 31.2 Å². The first-order chi connectivity index (χ1) is 14.5. The lowest BCUT2D eigenvalue weighted by Gasteiger charge is -2.44. The van der Waals surface area contributed by atoms with Crippen molar-refractivity contribution in [2.24, 2.45) is 0 Å². The van der Waals surface area contributed by atoms with Gasteiger partial charge in [0.05, 0.1) is 6.54 Å². The van der Waals surface area contributed by atoms with Crippen LogP contribution in [-0.2, 0) is 9.59 Å². The fraction of sp³-hybridized carbons (Fsp3) is 0.550. The van der Waals surface area contributed by atoms with E-state index in [-0.39, 0.29) is 23.2 Å². The van der Waals surface area contributed by atoms with Crippen LogP contribution in [0.4, 0.5) is 17.6 Å². The van der Waals surface area contributed by atoms with Gasteiger partial charge in [-0.3, -0.25) is 14.5 Å². The van der Waals surface area contributed by atoms with Gasteiger partial charge in [0.15, 0.2) is 0 Å². The number of benzene rings is 1. The van der Waals surface area contributed by atoms with Crippen molar-refractivity contribution in [1.29, 1.82) is 0 Å². The summed E-state index contributed by atoms with van der Waals surface area (Å²) in [6.07, 6.45) is -1.18. The fourth-order valence-corrected chi connectivity index (χ4v) is 3.99. The predicted molar refractivity (Wildman–Crippen MR) is 103 cm³/mol. The van der Waals surface area contributed by atoms with Gasteiger partial charge in [-0.25, -0.2) is 9.18 Å². The zero-order valence-electron chi connectivity index (χ0n) is 17.0. The lowest BCUT2D eigenvalue weighted by molar-refractivity contribution is -0.192. The number of hydrogen-bond donors (Lipinski definition) is 2. The molecule has 2 aliphatic rings. The Bertz CT molecular complexity index is 808. The van der Waals surface area contributed by atoms with Gasteiger partial charge in [0.25, 0.3) is 5.91 Å². The number of amides is 2. The van der Waals surface area contributed by atoms with E-state index in [9.17, 15) is 27.2 Å². The smallest absolute Gasteiger partial charge is 0.475 e. The second-order valence-corrected chi connectivity index (χ2v) is 7.53. The van der Waals surface area contributed by atoms with Crippen LogP contribution in [0, 0.1) is 5.82 Å². The Balaban J connectivity index is 0.000000423. The van der Waals surface area contributed by atoms with Crippen LogP contribution < -0.4 is 5.32 Å². The molecular weight excluding hydrogens is 422 g/mol. The molecule has 11 heteroatoms. The highest BCUT2D eigenvalue weighted by atomic mass is 19.4. The van der Waals surface area contributed by atoms with Gasteiger partial charge in [0.2, 0.25) is 5.91 Å². The molecule has 0 saturated carbocycles. The Morgan fingerprint density at radius 2 is 1.74 bits per heavy atom. The Hall–Kier alpha value is -2.69. The van der Waals surface area contributed by atoms with Crippen molar-refractivity contribution in [2.45, 2.75) is 37.4 Å². The third-order valence-corrected chi connectivity index (χ3v) is 5.65. The molecule has 2 heterocycles. The maximum atomic E-state index is 13.3. The molecule has 0 bridgehead atoms. The predicted octanol–water partition coefficient (Wildman–Crippen LogP) is 2.28. The molecule has 1 aromatic carbocycles. The summed E-state index contributed by atoms with van der Waals surface area (Å²) in [5.74, 6) is -3.22. The van der Waals surface area contributed by atoms with E-state index in [0.29, 0.717) is 25.2 Å². The molecule has 0 radical (unpaired) electrons. The molecule has 2 N–H and O–H groups in total. The lowest BCUT2D eigenvalue weighted by Crippen LogP contribution is -2.55. The van der Waals surface area contributed by atoms with Crippen LogP contribution in [0.25, 0.3) is 0 Å². The normalized spacial score (nSPS) is 18.3. The van der Waals surface area contributed by atoms with Crippen molar-refractivity contribution in [3.63, 3.8) is 0 Å². The van der Waals surface area contributed by atoms with E-state index in [1.54, 1.807) is 24.1 Å². The molecule has 2 saturated heterocycles. The van der Waals surface area contributed by atoms with Gasteiger partial charge in [-0.1, -0.05) is 6.07 Å². The minimum atomic E-state index is -5.08. The molecular formula is C20H25F4N3O4. The molecule has 2 amide bonds. The highest BCUT2D eigenvalue weighted by Crippen LogP contribution is 2.38. The molecule has 172 valence electrons. The van der Waals surface area contributed by atoms with Crippen LogP contribution in [0.5, 0.6) is 0 Å². The number of halogens is 4. The van der Waals surface area contributed by atoms with Gasteiger partial charge in [-0.05, 0) is 50.4 Å². The molecule has 31 heavy (non-hydrogen) atoms. The minimum absolute atomic E-state index is 0.0330. The zero-order valence-corrected chi connectivity index (χ0v) is 17.0. The molecule has 2 fully saturated rings. The maximum absolute atomic E-state index is 13.3. The van der Waals surface area contributed by atoms with Gasteiger partial charge in [-0.15, -0.1) is 0 Å². The molecule has 1 spiro atoms. The quantitative estimate of drug-likeness (QED) is 0.694. The fourth-order valence-electron chi connectivity index (χ4n) is 3.99. The standard InChI is InChI=1S/C18H24FN3O2.C2HF3O2/c1-20-16(23)13-22-9-3-6-18(22)7-10-21(11-8-18)17(24)14-4-2-5-15(19)12-14;3-2(4,5)1(6)7/h2,4-5,12H,3,6-11,13H2,1H3,(H,20,23);(H,6,7). The number of rotatable bonds is 3. The molecule has 2 aliphatic heterocycles. The van der Waals surface area contributed by atoms with Crippen LogP contribution in [0.2, 0.25) is 0 Å². The number of carboxylic acid groups (broad SMARTS) is 1. The average molecular weight is 447 g/mol. The summed E-state index contributed by atoms with van der Waals surface area (Å²) in [7, 11) is 1.66. The number of nitrogens with one attached hydrogen (secondary N) is 1. The molecule has 7 nitrogen and oxygen atoms in total. The van der Waals surface area contributed by atoms with Crippen molar-refractivity contribution in [3.8, 4) is 0 Å². The largest absolute Gasteiger partial charge is 0.490 e. The number of piperidine rings is 1. The van der Waals surface area contributed by atoms with Crippen LogP contribution in [0.1, 0.15) is 36.0 Å². The number of carboxylic acids is 1. The lowest BCUT2D eigenvalue weighted by atomic mass is 9.84. The number of aliphatic carboxylic acids is 1. The van der Waals surface area contributed by atoms with E-state index in [4.69, 9.17) is 9.90 Å². The number of likely N-dealkylation sites (N-methyl/N-ethyl adjacent to an activating group) is 1. The molecule has 0 atom stereocenters. The van der Waals surface area contributed by atoms with Crippen LogP contribution >= 0.6 is 0 Å². The van der Waals surface area contributed by atoms with Crippen LogP contribution in [-0.4, -0.2) is 77.6 Å². The summed E-state index contributed by atoms with van der Waals surface area (Å²) in [6.45, 7) is 2.67. The van der Waals surface area contributed by atoms with E-state index >= 15 is 0 Å². The van der Waals surface area contributed by atoms with Crippen molar-refractivity contribution in [2.75, 3.05) is 33.2 Å². The highest BCUT2D eigenvalue weighted by Gasteiger charge is 2.44. The van der Waals surface area contributed by atoms with Crippen LogP contribution in [0.3, 0.4) is 0 Å². The summed E-state index contributed by atoms with van der Waals surface area (Å²) in [5, 5.41) is 9.81. The first kappa shape index (κ1) is 24.6. The van der Waals surface area contributed by atoms with Gasteiger partial charge in [0.1, 0.15) is 5.82 Å². The number of carbonyl (C=O) groups is 3. The molecule has 1 aromatic rings. The third kappa shape index (κ3) is 6.39. The van der Waals surface area contributed by atoms with Crippen molar-refractivity contribution in [1.82, 2.24) is 15.1 Å². The molecule has 0 aliphatic carbocycles. The Kier molecular flexibility index (Phi) is 7.99. The zero-order chi connectivity index (χ0) is 23.2. The minimum Gasteiger partial charge on any atom is -0.475 e. The highest BCUT2D eigenvalue weighted by molar-refractivity contribution is 5.94. The van der Waals surface area contributed by atoms with Gasteiger partial charge >= 0.3 is 12.1 Å². The van der Waals surface area contributed by atoms with Crippen molar-refractivity contribution in [3.05, 3.63) is 35.6 Å². The van der Waals surface area contributed by atoms with E-state index < -0.39 is 12.1 Å². The summed E-state index contributed by atoms with van der Waals surface area (Å²) in [5.41, 5.74) is 0.435. The van der Waals surface area contributed by atoms with Crippen molar-refractivity contribution >= 4 is 17.8 Å². The number of alkyl halides is 3. The third-order valence-electron chi connectivity index (χ3n) is 5.65. The summed E-state index contributed by atoms with van der Waals surface area (Å²) >= 11 is 0.